The van der Waals surface area contributed by atoms with Crippen molar-refractivity contribution in [1.82, 2.24) is 10.3 Å². The quantitative estimate of drug-likeness (QED) is 0.755. The first kappa shape index (κ1) is 18.8. The molecule has 0 aliphatic carbocycles. The topological polar surface area (TPSA) is 80.4 Å². The summed E-state index contributed by atoms with van der Waals surface area (Å²) in [6.45, 7) is 11.3. The van der Waals surface area contributed by atoms with Crippen LogP contribution in [0, 0.1) is 0 Å². The average molecular weight is 322 g/mol. The second-order valence-electron chi connectivity index (χ2n) is 6.22. The Bertz CT molecular complexity index is 587. The Morgan fingerprint density at radius 3 is 2.70 bits per heavy atom. The summed E-state index contributed by atoms with van der Waals surface area (Å²) in [5.74, 6) is 0.441. The lowest BCUT2D eigenvalue weighted by Crippen LogP contribution is -2.35. The Balaban J connectivity index is 2.95. The third-order valence-corrected chi connectivity index (χ3v) is 2.85. The Hall–Kier alpha value is -2.24. The molecule has 1 aromatic rings. The SMILES string of the molecule is C=CCOc1cc([C@@H](CCC)NC(=O)OC(C)(C)C)[nH]c(=O)c1. The number of carbonyl (C=O) groups excluding carboxylic acids is 1. The van der Waals surface area contributed by atoms with Crippen molar-refractivity contribution < 1.29 is 14.3 Å². The summed E-state index contributed by atoms with van der Waals surface area (Å²) in [7, 11) is 0. The van der Waals surface area contributed by atoms with E-state index in [1.54, 1.807) is 32.9 Å². The summed E-state index contributed by atoms with van der Waals surface area (Å²) >= 11 is 0. The summed E-state index contributed by atoms with van der Waals surface area (Å²) in [6.07, 6.45) is 2.58. The Labute approximate surface area is 136 Å². The van der Waals surface area contributed by atoms with Gasteiger partial charge in [0.15, 0.2) is 0 Å². The first-order valence-corrected chi connectivity index (χ1v) is 7.72. The van der Waals surface area contributed by atoms with Gasteiger partial charge >= 0.3 is 6.09 Å². The van der Waals surface area contributed by atoms with Crippen LogP contribution in [0.1, 0.15) is 52.3 Å². The zero-order chi connectivity index (χ0) is 17.5. The highest BCUT2D eigenvalue weighted by atomic mass is 16.6. The minimum Gasteiger partial charge on any atom is -0.489 e. The molecule has 0 saturated carbocycles. The van der Waals surface area contributed by atoms with Crippen LogP contribution in [0.15, 0.2) is 29.6 Å². The van der Waals surface area contributed by atoms with Crippen molar-refractivity contribution in [3.05, 3.63) is 40.8 Å². The standard InChI is InChI=1S/C17H26N2O4/c1-6-8-13(19-16(21)23-17(3,4)5)14-10-12(22-9-7-2)11-15(20)18-14/h7,10-11,13H,2,6,8-9H2,1,3-5H3,(H,18,20)(H,19,21)/t13-/m1/s1. The Morgan fingerprint density at radius 2 is 2.13 bits per heavy atom. The molecule has 1 atom stereocenters. The molecule has 0 radical (unpaired) electrons. The molecule has 2 N–H and O–H groups in total. The molecule has 1 heterocycles. The summed E-state index contributed by atoms with van der Waals surface area (Å²) in [5.41, 5.74) is -0.277. The van der Waals surface area contributed by atoms with E-state index in [-0.39, 0.29) is 11.6 Å². The first-order valence-electron chi connectivity index (χ1n) is 7.72. The van der Waals surface area contributed by atoms with Crippen LogP contribution in [-0.4, -0.2) is 23.3 Å². The van der Waals surface area contributed by atoms with E-state index in [4.69, 9.17) is 9.47 Å². The van der Waals surface area contributed by atoms with Crippen molar-refractivity contribution in [3.8, 4) is 5.75 Å². The number of rotatable bonds is 7. The van der Waals surface area contributed by atoms with Gasteiger partial charge in [0.25, 0.3) is 5.56 Å². The van der Waals surface area contributed by atoms with Crippen molar-refractivity contribution in [2.24, 2.45) is 0 Å². The number of amides is 1. The van der Waals surface area contributed by atoms with E-state index < -0.39 is 11.7 Å². The number of hydrogen-bond acceptors (Lipinski definition) is 4. The molecule has 0 fully saturated rings. The highest BCUT2D eigenvalue weighted by Gasteiger charge is 2.21. The largest absolute Gasteiger partial charge is 0.489 e. The normalized spacial score (nSPS) is 12.3. The van der Waals surface area contributed by atoms with Crippen LogP contribution in [0.4, 0.5) is 4.79 Å². The van der Waals surface area contributed by atoms with Crippen molar-refractivity contribution in [1.29, 1.82) is 0 Å². The van der Waals surface area contributed by atoms with Gasteiger partial charge in [0, 0.05) is 17.8 Å². The van der Waals surface area contributed by atoms with E-state index in [1.165, 1.54) is 6.07 Å². The van der Waals surface area contributed by atoms with Crippen LogP contribution in [0.25, 0.3) is 0 Å². The number of ether oxygens (including phenoxy) is 2. The van der Waals surface area contributed by atoms with Crippen LogP contribution in [0.2, 0.25) is 0 Å². The van der Waals surface area contributed by atoms with Crippen molar-refractivity contribution >= 4 is 6.09 Å². The average Bonchev–Trinajstić information content (AvgIpc) is 2.42. The molecule has 0 aliphatic heterocycles. The predicted octanol–water partition coefficient (Wildman–Crippen LogP) is 3.31. The van der Waals surface area contributed by atoms with E-state index in [0.717, 1.165) is 6.42 Å². The second-order valence-corrected chi connectivity index (χ2v) is 6.22. The van der Waals surface area contributed by atoms with E-state index in [0.29, 0.717) is 24.5 Å². The van der Waals surface area contributed by atoms with Crippen LogP contribution in [0.3, 0.4) is 0 Å². The third-order valence-electron chi connectivity index (χ3n) is 2.85. The minimum atomic E-state index is -0.580. The van der Waals surface area contributed by atoms with Gasteiger partial charge in [-0.25, -0.2) is 4.79 Å². The molecule has 0 spiro atoms. The van der Waals surface area contributed by atoms with E-state index in [2.05, 4.69) is 16.9 Å². The van der Waals surface area contributed by atoms with Gasteiger partial charge in [0.05, 0.1) is 6.04 Å². The maximum atomic E-state index is 12.0. The van der Waals surface area contributed by atoms with Crippen LogP contribution < -0.4 is 15.6 Å². The molecule has 6 heteroatoms. The summed E-state index contributed by atoms with van der Waals surface area (Å²) in [6, 6.07) is 2.72. The van der Waals surface area contributed by atoms with Gasteiger partial charge in [-0.3, -0.25) is 4.79 Å². The zero-order valence-corrected chi connectivity index (χ0v) is 14.3. The number of aromatic amines is 1. The fourth-order valence-corrected chi connectivity index (χ4v) is 2.01. The summed E-state index contributed by atoms with van der Waals surface area (Å²) in [4.78, 5) is 26.5. The van der Waals surface area contributed by atoms with Gasteiger partial charge in [0.1, 0.15) is 18.0 Å². The van der Waals surface area contributed by atoms with Gasteiger partial charge in [-0.15, -0.1) is 0 Å². The predicted molar refractivity (Wildman–Crippen MR) is 89.8 cm³/mol. The Morgan fingerprint density at radius 1 is 1.43 bits per heavy atom. The smallest absolute Gasteiger partial charge is 0.408 e. The van der Waals surface area contributed by atoms with Gasteiger partial charge in [-0.1, -0.05) is 26.0 Å². The second kappa shape index (κ2) is 8.41. The van der Waals surface area contributed by atoms with E-state index >= 15 is 0 Å². The molecule has 0 unspecified atom stereocenters. The fourth-order valence-electron chi connectivity index (χ4n) is 2.01. The molecule has 0 saturated heterocycles. The maximum absolute atomic E-state index is 12.0. The number of alkyl carbamates (subject to hydrolysis) is 1. The van der Waals surface area contributed by atoms with Crippen molar-refractivity contribution in [2.75, 3.05) is 6.61 Å². The molecule has 1 rings (SSSR count). The van der Waals surface area contributed by atoms with Crippen LogP contribution in [-0.2, 0) is 4.74 Å². The lowest BCUT2D eigenvalue weighted by atomic mass is 10.1. The van der Waals surface area contributed by atoms with Gasteiger partial charge in [-0.05, 0) is 27.2 Å². The molecule has 0 aromatic carbocycles. The first-order chi connectivity index (χ1) is 10.7. The zero-order valence-electron chi connectivity index (χ0n) is 14.3. The molecule has 0 aliphatic rings. The number of pyridine rings is 1. The molecule has 1 amide bonds. The third kappa shape index (κ3) is 7.04. The lowest BCUT2D eigenvalue weighted by Gasteiger charge is -2.23. The van der Waals surface area contributed by atoms with Crippen LogP contribution >= 0.6 is 0 Å². The molecule has 6 nitrogen and oxygen atoms in total. The monoisotopic (exact) mass is 322 g/mol. The summed E-state index contributed by atoms with van der Waals surface area (Å²) < 4.78 is 10.7. The summed E-state index contributed by atoms with van der Waals surface area (Å²) in [5, 5.41) is 2.79. The highest BCUT2D eigenvalue weighted by molar-refractivity contribution is 5.68. The van der Waals surface area contributed by atoms with E-state index in [1.807, 2.05) is 6.92 Å². The number of aromatic nitrogens is 1. The molecule has 23 heavy (non-hydrogen) atoms. The molecule has 128 valence electrons. The molecular formula is C17H26N2O4. The number of H-pyrrole nitrogens is 1. The van der Waals surface area contributed by atoms with E-state index in [9.17, 15) is 9.59 Å². The maximum Gasteiger partial charge on any atom is 0.408 e. The number of hydrogen-bond donors (Lipinski definition) is 2. The molecular weight excluding hydrogens is 296 g/mol. The number of carbonyl (C=O) groups is 1. The van der Waals surface area contributed by atoms with Crippen molar-refractivity contribution in [2.45, 2.75) is 52.2 Å². The molecule has 0 bridgehead atoms. The van der Waals surface area contributed by atoms with Gasteiger partial charge < -0.3 is 19.8 Å². The Kier molecular flexibility index (Phi) is 6.88. The van der Waals surface area contributed by atoms with Gasteiger partial charge in [0.2, 0.25) is 0 Å². The number of nitrogens with one attached hydrogen (secondary N) is 2. The highest BCUT2D eigenvalue weighted by Crippen LogP contribution is 2.20. The minimum absolute atomic E-state index is 0.284. The fraction of sp³-hybridized carbons (Fsp3) is 0.529. The van der Waals surface area contributed by atoms with Crippen LogP contribution in [0.5, 0.6) is 5.75 Å². The molecule has 1 aromatic heterocycles. The van der Waals surface area contributed by atoms with Crippen molar-refractivity contribution in [3.63, 3.8) is 0 Å². The lowest BCUT2D eigenvalue weighted by molar-refractivity contribution is 0.0499. The van der Waals surface area contributed by atoms with Gasteiger partial charge in [-0.2, -0.15) is 0 Å².